The molecule has 0 radical (unpaired) electrons. The summed E-state index contributed by atoms with van der Waals surface area (Å²) in [5.74, 6) is 0.0220. The van der Waals surface area contributed by atoms with Crippen molar-refractivity contribution in [2.45, 2.75) is 13.0 Å². The van der Waals surface area contributed by atoms with Crippen molar-refractivity contribution in [2.75, 3.05) is 19.8 Å². The molecule has 0 bridgehead atoms. The van der Waals surface area contributed by atoms with Crippen molar-refractivity contribution in [2.24, 2.45) is 5.92 Å². The first-order valence-corrected chi connectivity index (χ1v) is 9.42. The third-order valence-electron chi connectivity index (χ3n) is 4.40. The molecule has 2 aromatic carbocycles. The number of para-hydroxylation sites is 1. The molecule has 1 saturated heterocycles. The summed E-state index contributed by atoms with van der Waals surface area (Å²) in [6, 6.07) is 15.5. The van der Waals surface area contributed by atoms with E-state index in [4.69, 9.17) is 14.2 Å². The smallest absolute Gasteiger partial charge is 0.319 e. The van der Waals surface area contributed by atoms with Gasteiger partial charge in [0.15, 0.2) is 0 Å². The van der Waals surface area contributed by atoms with E-state index in [0.717, 1.165) is 0 Å². The molecule has 0 aliphatic carbocycles. The summed E-state index contributed by atoms with van der Waals surface area (Å²) >= 11 is 0. The van der Waals surface area contributed by atoms with Crippen LogP contribution >= 0.6 is 0 Å². The second-order valence-electron chi connectivity index (χ2n) is 6.43. The van der Waals surface area contributed by atoms with Crippen molar-refractivity contribution in [1.82, 2.24) is 10.6 Å². The fourth-order valence-corrected chi connectivity index (χ4v) is 3.07. The molecule has 1 fully saturated rings. The maximum atomic E-state index is 12.7. The van der Waals surface area contributed by atoms with Crippen LogP contribution in [0.1, 0.15) is 18.5 Å². The SMILES string of the molecule is C=C1NC(=O)N[C@H](c2cccc(Oc3ccccc3)c2)[C@H]1C(=O)OCCOCC. The van der Waals surface area contributed by atoms with Crippen molar-refractivity contribution in [3.8, 4) is 11.5 Å². The van der Waals surface area contributed by atoms with Gasteiger partial charge in [0.05, 0.1) is 12.6 Å². The Morgan fingerprint density at radius 1 is 1.07 bits per heavy atom. The van der Waals surface area contributed by atoms with Crippen molar-refractivity contribution >= 4 is 12.0 Å². The second-order valence-corrected chi connectivity index (χ2v) is 6.43. The van der Waals surface area contributed by atoms with Crippen LogP contribution in [0.3, 0.4) is 0 Å². The molecular weight excluding hydrogens is 372 g/mol. The lowest BCUT2D eigenvalue weighted by Crippen LogP contribution is -2.51. The van der Waals surface area contributed by atoms with E-state index in [0.29, 0.717) is 30.3 Å². The molecule has 1 aliphatic rings. The summed E-state index contributed by atoms with van der Waals surface area (Å²) in [7, 11) is 0. The lowest BCUT2D eigenvalue weighted by atomic mass is 9.89. The highest BCUT2D eigenvalue weighted by Crippen LogP contribution is 2.33. The van der Waals surface area contributed by atoms with Crippen LogP contribution in [0.2, 0.25) is 0 Å². The van der Waals surface area contributed by atoms with Crippen LogP contribution in [-0.4, -0.2) is 31.8 Å². The van der Waals surface area contributed by atoms with Crippen LogP contribution in [0, 0.1) is 5.92 Å². The standard InChI is InChI=1S/C22H24N2O5/c1-3-27-12-13-28-21(25)19-15(2)23-22(26)24-20(19)16-8-7-11-18(14-16)29-17-9-5-4-6-10-17/h4-11,14,19-20H,2-3,12-13H2,1H3,(H2,23,24,26)/t19-,20+/m0/s1. The Morgan fingerprint density at radius 2 is 1.83 bits per heavy atom. The Labute approximate surface area is 169 Å². The predicted molar refractivity (Wildman–Crippen MR) is 107 cm³/mol. The van der Waals surface area contributed by atoms with E-state index in [1.165, 1.54) is 0 Å². The zero-order valence-electron chi connectivity index (χ0n) is 16.2. The molecule has 0 saturated carbocycles. The van der Waals surface area contributed by atoms with Crippen molar-refractivity contribution < 1.29 is 23.8 Å². The molecule has 29 heavy (non-hydrogen) atoms. The van der Waals surface area contributed by atoms with Crippen LogP contribution < -0.4 is 15.4 Å². The quantitative estimate of drug-likeness (QED) is 0.527. The lowest BCUT2D eigenvalue weighted by molar-refractivity contribution is -0.150. The van der Waals surface area contributed by atoms with Crippen LogP contribution in [0.4, 0.5) is 4.79 Å². The Hall–Kier alpha value is -3.32. The molecule has 2 amide bonds. The van der Waals surface area contributed by atoms with Crippen LogP contribution in [0.25, 0.3) is 0 Å². The monoisotopic (exact) mass is 396 g/mol. The first-order chi connectivity index (χ1) is 14.1. The zero-order valence-corrected chi connectivity index (χ0v) is 16.2. The summed E-state index contributed by atoms with van der Waals surface area (Å²) in [5, 5.41) is 5.35. The number of nitrogens with one attached hydrogen (secondary N) is 2. The van der Waals surface area contributed by atoms with Gasteiger partial charge in [-0.05, 0) is 36.8 Å². The van der Waals surface area contributed by atoms with Gasteiger partial charge >= 0.3 is 12.0 Å². The third kappa shape index (κ3) is 5.36. The summed E-state index contributed by atoms with van der Waals surface area (Å²) in [4.78, 5) is 24.7. The normalized spacial score (nSPS) is 18.5. The van der Waals surface area contributed by atoms with Gasteiger partial charge in [0, 0.05) is 12.3 Å². The number of hydrogen-bond donors (Lipinski definition) is 2. The molecule has 2 N–H and O–H groups in total. The number of rotatable bonds is 8. The average Bonchev–Trinajstić information content (AvgIpc) is 2.71. The minimum Gasteiger partial charge on any atom is -0.463 e. The second kappa shape index (κ2) is 9.75. The highest BCUT2D eigenvalue weighted by Gasteiger charge is 2.39. The molecule has 2 aromatic rings. The topological polar surface area (TPSA) is 85.9 Å². The fraction of sp³-hybridized carbons (Fsp3) is 0.273. The largest absolute Gasteiger partial charge is 0.463 e. The minimum absolute atomic E-state index is 0.133. The van der Waals surface area contributed by atoms with Gasteiger partial charge in [0.25, 0.3) is 0 Å². The van der Waals surface area contributed by atoms with Crippen LogP contribution in [0.5, 0.6) is 11.5 Å². The van der Waals surface area contributed by atoms with E-state index in [1.54, 1.807) is 6.07 Å². The van der Waals surface area contributed by atoms with Gasteiger partial charge in [-0.15, -0.1) is 0 Å². The van der Waals surface area contributed by atoms with E-state index >= 15 is 0 Å². The van der Waals surface area contributed by atoms with Gasteiger partial charge in [0.1, 0.15) is 24.0 Å². The number of urea groups is 1. The molecule has 3 rings (SSSR count). The molecule has 0 aromatic heterocycles. The number of carbonyl (C=O) groups excluding carboxylic acids is 2. The average molecular weight is 396 g/mol. The number of hydrogen-bond acceptors (Lipinski definition) is 5. The van der Waals surface area contributed by atoms with E-state index in [1.807, 2.05) is 55.5 Å². The number of esters is 1. The summed E-state index contributed by atoms with van der Waals surface area (Å²) in [6.45, 7) is 6.70. The first kappa shape index (κ1) is 20.4. The fourth-order valence-electron chi connectivity index (χ4n) is 3.07. The summed E-state index contributed by atoms with van der Waals surface area (Å²) in [5.41, 5.74) is 0.996. The number of carbonyl (C=O) groups is 2. The van der Waals surface area contributed by atoms with Gasteiger partial charge < -0.3 is 24.8 Å². The lowest BCUT2D eigenvalue weighted by Gasteiger charge is -2.33. The minimum atomic E-state index is -0.777. The molecule has 0 unspecified atom stereocenters. The van der Waals surface area contributed by atoms with E-state index in [9.17, 15) is 9.59 Å². The highest BCUT2D eigenvalue weighted by molar-refractivity contribution is 5.85. The first-order valence-electron chi connectivity index (χ1n) is 9.42. The molecule has 2 atom stereocenters. The summed E-state index contributed by atoms with van der Waals surface area (Å²) in [6.07, 6.45) is 0. The van der Waals surface area contributed by atoms with E-state index < -0.39 is 24.0 Å². The molecule has 7 heteroatoms. The molecule has 152 valence electrons. The van der Waals surface area contributed by atoms with Crippen molar-refractivity contribution in [3.63, 3.8) is 0 Å². The number of benzene rings is 2. The predicted octanol–water partition coefficient (Wildman–Crippen LogP) is 3.54. The Kier molecular flexibility index (Phi) is 6.86. The molecule has 7 nitrogen and oxygen atoms in total. The Morgan fingerprint density at radius 3 is 2.59 bits per heavy atom. The van der Waals surface area contributed by atoms with Crippen LogP contribution in [0.15, 0.2) is 66.9 Å². The van der Waals surface area contributed by atoms with E-state index in [-0.39, 0.29) is 12.3 Å². The molecule has 1 heterocycles. The molecule has 0 spiro atoms. The number of ether oxygens (including phenoxy) is 3. The zero-order chi connectivity index (χ0) is 20.6. The third-order valence-corrected chi connectivity index (χ3v) is 4.40. The number of amides is 2. The molecular formula is C22H24N2O5. The van der Waals surface area contributed by atoms with Crippen molar-refractivity contribution in [3.05, 3.63) is 72.4 Å². The van der Waals surface area contributed by atoms with Gasteiger partial charge in [-0.1, -0.05) is 36.9 Å². The van der Waals surface area contributed by atoms with Gasteiger partial charge in [-0.3, -0.25) is 4.79 Å². The van der Waals surface area contributed by atoms with Gasteiger partial charge in [-0.2, -0.15) is 0 Å². The maximum Gasteiger partial charge on any atom is 0.319 e. The maximum absolute atomic E-state index is 12.7. The Bertz CT molecular complexity index is 869. The van der Waals surface area contributed by atoms with Crippen molar-refractivity contribution in [1.29, 1.82) is 0 Å². The van der Waals surface area contributed by atoms with Crippen LogP contribution in [-0.2, 0) is 14.3 Å². The molecule has 1 aliphatic heterocycles. The van der Waals surface area contributed by atoms with Gasteiger partial charge in [-0.25, -0.2) is 4.79 Å². The Balaban J connectivity index is 1.79. The highest BCUT2D eigenvalue weighted by atomic mass is 16.6. The van der Waals surface area contributed by atoms with E-state index in [2.05, 4.69) is 17.2 Å². The van der Waals surface area contributed by atoms with Gasteiger partial charge in [0.2, 0.25) is 0 Å². The summed E-state index contributed by atoms with van der Waals surface area (Å²) < 4.78 is 16.4.